The maximum absolute atomic E-state index is 9.72. The van der Waals surface area contributed by atoms with Crippen LogP contribution in [0.4, 0.5) is 0 Å². The van der Waals surface area contributed by atoms with Gasteiger partial charge in [-0.05, 0) is 13.8 Å². The molecule has 0 saturated carbocycles. The fourth-order valence-electron chi connectivity index (χ4n) is 3.50. The topological polar surface area (TPSA) is 73.4 Å². The van der Waals surface area contributed by atoms with Gasteiger partial charge in [0.1, 0.15) is 12.1 Å². The maximum Gasteiger partial charge on any atom is 0.102 e. The van der Waals surface area contributed by atoms with Crippen LogP contribution in [0.15, 0.2) is 48.7 Å². The number of pyridine rings is 2. The fourth-order valence-corrected chi connectivity index (χ4v) is 3.50. The van der Waals surface area contributed by atoms with Crippen molar-refractivity contribution in [1.82, 2.24) is 9.97 Å². The van der Waals surface area contributed by atoms with E-state index in [1.807, 2.05) is 56.3 Å². The third-order valence-electron chi connectivity index (χ3n) is 4.68. The summed E-state index contributed by atoms with van der Waals surface area (Å²) in [4.78, 5) is 9.09. The smallest absolute Gasteiger partial charge is 0.102 e. The van der Waals surface area contributed by atoms with Gasteiger partial charge in [-0.3, -0.25) is 9.97 Å². The molecule has 0 radical (unpaired) electrons. The van der Waals surface area contributed by atoms with Crippen molar-refractivity contribution in [2.75, 3.05) is 0 Å². The van der Waals surface area contributed by atoms with Gasteiger partial charge in [0.15, 0.2) is 0 Å². The number of benzene rings is 2. The van der Waals surface area contributed by atoms with Gasteiger partial charge in [0.25, 0.3) is 0 Å². The first kappa shape index (κ1) is 15.7. The van der Waals surface area contributed by atoms with Crippen LogP contribution in [0, 0.1) is 36.5 Å². The van der Waals surface area contributed by atoms with Crippen LogP contribution in [0.3, 0.4) is 0 Å². The number of nitriles is 2. The molecule has 4 nitrogen and oxygen atoms in total. The molecule has 0 aliphatic rings. The molecule has 0 bridgehead atoms. The van der Waals surface area contributed by atoms with Crippen LogP contribution in [0.1, 0.15) is 22.5 Å². The van der Waals surface area contributed by atoms with Crippen molar-refractivity contribution in [3.63, 3.8) is 0 Å². The summed E-state index contributed by atoms with van der Waals surface area (Å²) in [6.45, 7) is 3.80. The molecule has 0 fully saturated rings. The number of hydrogen-bond donors (Lipinski definition) is 0. The van der Waals surface area contributed by atoms with Crippen LogP contribution in [0.2, 0.25) is 0 Å². The number of rotatable bonds is 1. The highest BCUT2D eigenvalue weighted by atomic mass is 14.7. The summed E-state index contributed by atoms with van der Waals surface area (Å²) in [5.74, 6) is 0. The highest BCUT2D eigenvalue weighted by Crippen LogP contribution is 2.36. The predicted octanol–water partition coefficient (Wildman–Crippen LogP) is 4.81. The molecule has 0 spiro atoms. The normalized spacial score (nSPS) is 10.6. The zero-order valence-corrected chi connectivity index (χ0v) is 14.4. The van der Waals surface area contributed by atoms with E-state index in [-0.39, 0.29) is 0 Å². The van der Waals surface area contributed by atoms with Gasteiger partial charge in [0, 0.05) is 39.0 Å². The lowest BCUT2D eigenvalue weighted by molar-refractivity contribution is 1.14. The molecule has 0 aliphatic heterocycles. The monoisotopic (exact) mass is 334 g/mol. The van der Waals surface area contributed by atoms with Crippen molar-refractivity contribution in [3.8, 4) is 23.4 Å². The van der Waals surface area contributed by atoms with Gasteiger partial charge in [0.2, 0.25) is 0 Å². The molecule has 0 saturated heterocycles. The second kappa shape index (κ2) is 5.95. The Labute approximate surface area is 151 Å². The third-order valence-corrected chi connectivity index (χ3v) is 4.68. The largest absolute Gasteiger partial charge is 0.256 e. The van der Waals surface area contributed by atoms with Crippen molar-refractivity contribution >= 4 is 21.5 Å². The lowest BCUT2D eigenvalue weighted by Gasteiger charge is -2.13. The van der Waals surface area contributed by atoms with E-state index >= 15 is 0 Å². The highest BCUT2D eigenvalue weighted by Gasteiger charge is 2.17. The predicted molar refractivity (Wildman–Crippen MR) is 101 cm³/mol. The SMILES string of the molecule is Cc1nc(C)c2cccc(-c3ncc(C#N)c4ccccc34)c2c1C#N. The highest BCUT2D eigenvalue weighted by molar-refractivity contribution is 6.07. The molecule has 2 aromatic heterocycles. The molecular weight excluding hydrogens is 320 g/mol. The minimum absolute atomic E-state index is 0.541. The Morgan fingerprint density at radius 2 is 1.54 bits per heavy atom. The van der Waals surface area contributed by atoms with Gasteiger partial charge in [-0.15, -0.1) is 0 Å². The van der Waals surface area contributed by atoms with E-state index in [4.69, 9.17) is 0 Å². The van der Waals surface area contributed by atoms with E-state index < -0.39 is 0 Å². The quantitative estimate of drug-likeness (QED) is 0.500. The molecule has 4 aromatic rings. The second-order valence-corrected chi connectivity index (χ2v) is 6.18. The number of aromatic nitrogens is 2. The van der Waals surface area contributed by atoms with Crippen molar-refractivity contribution in [2.24, 2.45) is 0 Å². The van der Waals surface area contributed by atoms with E-state index in [1.54, 1.807) is 6.20 Å². The first-order valence-corrected chi connectivity index (χ1v) is 8.24. The average Bonchev–Trinajstić information content (AvgIpc) is 2.67. The van der Waals surface area contributed by atoms with Crippen LogP contribution in [0.5, 0.6) is 0 Å². The minimum atomic E-state index is 0.541. The second-order valence-electron chi connectivity index (χ2n) is 6.18. The Balaban J connectivity index is 2.20. The van der Waals surface area contributed by atoms with E-state index in [0.29, 0.717) is 16.8 Å². The maximum atomic E-state index is 9.72. The molecule has 0 N–H and O–H groups in total. The summed E-state index contributed by atoms with van der Waals surface area (Å²) < 4.78 is 0. The van der Waals surface area contributed by atoms with Gasteiger partial charge in [-0.2, -0.15) is 10.5 Å². The molecule has 0 unspecified atom stereocenters. The summed E-state index contributed by atoms with van der Waals surface area (Å²) in [6, 6.07) is 18.1. The Kier molecular flexibility index (Phi) is 3.60. The molecule has 4 rings (SSSR count). The molecule has 4 heteroatoms. The van der Waals surface area contributed by atoms with E-state index in [2.05, 4.69) is 22.1 Å². The Bertz CT molecular complexity index is 1270. The minimum Gasteiger partial charge on any atom is -0.256 e. The molecule has 0 amide bonds. The standard InChI is InChI=1S/C22H14N4/c1-13-16-8-5-9-19(21(16)20(11-24)14(2)26-13)22-18-7-4-3-6-17(18)15(10-23)12-25-22/h3-9,12H,1-2H3. The van der Waals surface area contributed by atoms with Crippen LogP contribution < -0.4 is 0 Å². The molecule has 0 atom stereocenters. The molecule has 2 aromatic carbocycles. The van der Waals surface area contributed by atoms with Crippen LogP contribution in [-0.2, 0) is 0 Å². The first-order chi connectivity index (χ1) is 12.7. The molecule has 0 aliphatic carbocycles. The van der Waals surface area contributed by atoms with Crippen molar-refractivity contribution < 1.29 is 0 Å². The number of hydrogen-bond acceptors (Lipinski definition) is 4. The summed E-state index contributed by atoms with van der Waals surface area (Å²) >= 11 is 0. The molecular formula is C22H14N4. The van der Waals surface area contributed by atoms with Gasteiger partial charge in [0.05, 0.1) is 22.5 Å². The van der Waals surface area contributed by atoms with Crippen LogP contribution in [0.25, 0.3) is 32.8 Å². The van der Waals surface area contributed by atoms with Gasteiger partial charge >= 0.3 is 0 Å². The van der Waals surface area contributed by atoms with Crippen molar-refractivity contribution in [3.05, 3.63) is 71.2 Å². The van der Waals surface area contributed by atoms with Gasteiger partial charge in [-0.25, -0.2) is 0 Å². The first-order valence-electron chi connectivity index (χ1n) is 8.24. The van der Waals surface area contributed by atoms with E-state index in [0.717, 1.165) is 38.5 Å². The summed E-state index contributed by atoms with van der Waals surface area (Å²) in [5.41, 5.74) is 4.36. The molecule has 122 valence electrons. The lowest BCUT2D eigenvalue weighted by Crippen LogP contribution is -1.98. The van der Waals surface area contributed by atoms with Crippen LogP contribution in [-0.4, -0.2) is 9.97 Å². The lowest BCUT2D eigenvalue weighted by atomic mass is 9.93. The Morgan fingerprint density at radius 3 is 2.27 bits per heavy atom. The number of aryl methyl sites for hydroxylation is 2. The van der Waals surface area contributed by atoms with Crippen molar-refractivity contribution in [1.29, 1.82) is 10.5 Å². The van der Waals surface area contributed by atoms with E-state index in [1.165, 1.54) is 0 Å². The summed E-state index contributed by atoms with van der Waals surface area (Å²) in [5, 5.41) is 22.7. The summed E-state index contributed by atoms with van der Waals surface area (Å²) in [7, 11) is 0. The summed E-state index contributed by atoms with van der Waals surface area (Å²) in [6.07, 6.45) is 1.60. The molecule has 26 heavy (non-hydrogen) atoms. The zero-order chi connectivity index (χ0) is 18.3. The van der Waals surface area contributed by atoms with E-state index in [9.17, 15) is 10.5 Å². The Hall–Kier alpha value is -3.76. The third kappa shape index (κ3) is 2.21. The van der Waals surface area contributed by atoms with Crippen molar-refractivity contribution in [2.45, 2.75) is 13.8 Å². The number of fused-ring (bicyclic) bond motifs is 2. The fraction of sp³-hybridized carbons (Fsp3) is 0.0909. The molecule has 2 heterocycles. The Morgan fingerprint density at radius 1 is 0.808 bits per heavy atom. The van der Waals surface area contributed by atoms with Gasteiger partial charge < -0.3 is 0 Å². The number of nitrogens with zero attached hydrogens (tertiary/aromatic N) is 4. The van der Waals surface area contributed by atoms with Crippen LogP contribution >= 0.6 is 0 Å². The van der Waals surface area contributed by atoms with Gasteiger partial charge in [-0.1, -0.05) is 42.5 Å². The average molecular weight is 334 g/mol. The zero-order valence-electron chi connectivity index (χ0n) is 14.4.